The second-order valence-electron chi connectivity index (χ2n) is 3.93. The standard InChI is InChI=1S/C12H13FN2/c1-9-4-3-7-15(9)12-6-2-5-11(13)10(12)8-14/h2,5-6,9H,3-4,7H2,1H3. The van der Waals surface area contributed by atoms with E-state index < -0.39 is 5.82 Å². The number of benzene rings is 1. The molecule has 1 aromatic rings. The molecule has 0 bridgehead atoms. The van der Waals surface area contributed by atoms with Crippen molar-refractivity contribution in [1.29, 1.82) is 5.26 Å². The molecule has 0 aromatic heterocycles. The van der Waals surface area contributed by atoms with Crippen molar-refractivity contribution in [3.05, 3.63) is 29.6 Å². The Morgan fingerprint density at radius 1 is 1.53 bits per heavy atom. The molecule has 0 N–H and O–H groups in total. The summed E-state index contributed by atoms with van der Waals surface area (Å²) in [6.07, 6.45) is 2.23. The first-order valence-corrected chi connectivity index (χ1v) is 5.19. The van der Waals surface area contributed by atoms with Crippen LogP contribution in [0.15, 0.2) is 18.2 Å². The molecule has 1 aromatic carbocycles. The minimum Gasteiger partial charge on any atom is -0.368 e. The van der Waals surface area contributed by atoms with Crippen LogP contribution in [-0.2, 0) is 0 Å². The van der Waals surface area contributed by atoms with Gasteiger partial charge in [0.1, 0.15) is 17.4 Å². The molecule has 2 rings (SSSR count). The van der Waals surface area contributed by atoms with E-state index in [0.29, 0.717) is 6.04 Å². The lowest BCUT2D eigenvalue weighted by molar-refractivity contribution is 0.621. The van der Waals surface area contributed by atoms with Crippen molar-refractivity contribution < 1.29 is 4.39 Å². The molecule has 3 heteroatoms. The molecule has 0 spiro atoms. The van der Waals surface area contributed by atoms with Gasteiger partial charge in [-0.25, -0.2) is 4.39 Å². The quantitative estimate of drug-likeness (QED) is 0.703. The molecule has 1 unspecified atom stereocenters. The van der Waals surface area contributed by atoms with Crippen molar-refractivity contribution in [3.63, 3.8) is 0 Å². The van der Waals surface area contributed by atoms with Crippen molar-refractivity contribution in [2.24, 2.45) is 0 Å². The molecular weight excluding hydrogens is 191 g/mol. The average molecular weight is 204 g/mol. The zero-order valence-corrected chi connectivity index (χ0v) is 8.70. The number of hydrogen-bond donors (Lipinski definition) is 0. The maximum absolute atomic E-state index is 13.4. The largest absolute Gasteiger partial charge is 0.368 e. The van der Waals surface area contributed by atoms with Gasteiger partial charge in [-0.1, -0.05) is 6.07 Å². The van der Waals surface area contributed by atoms with Gasteiger partial charge in [-0.05, 0) is 31.9 Å². The molecular formula is C12H13FN2. The summed E-state index contributed by atoms with van der Waals surface area (Å²) in [5.74, 6) is -0.422. The van der Waals surface area contributed by atoms with Gasteiger partial charge in [0.2, 0.25) is 0 Å². The monoisotopic (exact) mass is 204 g/mol. The molecule has 1 atom stereocenters. The number of nitriles is 1. The molecule has 1 aliphatic heterocycles. The van der Waals surface area contributed by atoms with Gasteiger partial charge in [-0.2, -0.15) is 5.26 Å². The third-order valence-corrected chi connectivity index (χ3v) is 2.97. The summed E-state index contributed by atoms with van der Waals surface area (Å²) in [5, 5.41) is 8.93. The van der Waals surface area contributed by atoms with Gasteiger partial charge in [0, 0.05) is 12.6 Å². The summed E-state index contributed by atoms with van der Waals surface area (Å²) in [6.45, 7) is 3.03. The van der Waals surface area contributed by atoms with Gasteiger partial charge < -0.3 is 4.90 Å². The van der Waals surface area contributed by atoms with Crippen LogP contribution in [0.3, 0.4) is 0 Å². The van der Waals surface area contributed by atoms with Gasteiger partial charge in [-0.15, -0.1) is 0 Å². The highest BCUT2D eigenvalue weighted by Gasteiger charge is 2.23. The van der Waals surface area contributed by atoms with Crippen LogP contribution in [-0.4, -0.2) is 12.6 Å². The molecule has 1 aliphatic rings. The SMILES string of the molecule is CC1CCCN1c1cccc(F)c1C#N. The number of halogens is 1. The Morgan fingerprint density at radius 2 is 2.33 bits per heavy atom. The fraction of sp³-hybridized carbons (Fsp3) is 0.417. The van der Waals surface area contributed by atoms with Gasteiger partial charge in [0.25, 0.3) is 0 Å². The van der Waals surface area contributed by atoms with Gasteiger partial charge in [-0.3, -0.25) is 0 Å². The Hall–Kier alpha value is -1.56. The van der Waals surface area contributed by atoms with Crippen molar-refractivity contribution >= 4 is 5.69 Å². The van der Waals surface area contributed by atoms with Crippen LogP contribution < -0.4 is 4.90 Å². The lowest BCUT2D eigenvalue weighted by Gasteiger charge is -2.24. The van der Waals surface area contributed by atoms with Crippen molar-refractivity contribution in [3.8, 4) is 6.07 Å². The molecule has 0 saturated carbocycles. The van der Waals surface area contributed by atoms with Crippen LogP contribution in [0, 0.1) is 17.1 Å². The molecule has 0 amide bonds. The van der Waals surface area contributed by atoms with Crippen LogP contribution in [0.1, 0.15) is 25.3 Å². The van der Waals surface area contributed by atoms with Crippen LogP contribution in [0.5, 0.6) is 0 Å². The topological polar surface area (TPSA) is 27.0 Å². The smallest absolute Gasteiger partial charge is 0.143 e. The highest BCUT2D eigenvalue weighted by Crippen LogP contribution is 2.29. The second-order valence-corrected chi connectivity index (χ2v) is 3.93. The number of nitrogens with zero attached hydrogens (tertiary/aromatic N) is 2. The predicted octanol–water partition coefficient (Wildman–Crippen LogP) is 2.69. The highest BCUT2D eigenvalue weighted by molar-refractivity contribution is 5.60. The van der Waals surface area contributed by atoms with E-state index in [1.165, 1.54) is 6.07 Å². The molecule has 0 aliphatic carbocycles. The van der Waals surface area contributed by atoms with E-state index in [4.69, 9.17) is 5.26 Å². The summed E-state index contributed by atoms with van der Waals surface area (Å²) in [5.41, 5.74) is 0.911. The van der Waals surface area contributed by atoms with Crippen molar-refractivity contribution in [1.82, 2.24) is 0 Å². The summed E-state index contributed by atoms with van der Waals surface area (Å²) in [7, 11) is 0. The van der Waals surface area contributed by atoms with Crippen molar-refractivity contribution in [2.45, 2.75) is 25.8 Å². The maximum atomic E-state index is 13.4. The van der Waals surface area contributed by atoms with E-state index in [-0.39, 0.29) is 5.56 Å². The average Bonchev–Trinajstić information content (AvgIpc) is 2.64. The number of hydrogen-bond acceptors (Lipinski definition) is 2. The zero-order chi connectivity index (χ0) is 10.8. The zero-order valence-electron chi connectivity index (χ0n) is 8.70. The summed E-state index contributed by atoms with van der Waals surface area (Å²) < 4.78 is 13.4. The Morgan fingerprint density at radius 3 is 2.93 bits per heavy atom. The molecule has 78 valence electrons. The normalized spacial score (nSPS) is 20.3. The van der Waals surface area contributed by atoms with E-state index in [0.717, 1.165) is 25.1 Å². The molecule has 2 nitrogen and oxygen atoms in total. The second kappa shape index (κ2) is 3.90. The van der Waals surface area contributed by atoms with Crippen LogP contribution in [0.4, 0.5) is 10.1 Å². The highest BCUT2D eigenvalue weighted by atomic mass is 19.1. The maximum Gasteiger partial charge on any atom is 0.143 e. The third kappa shape index (κ3) is 1.68. The minimum atomic E-state index is -0.422. The molecule has 1 heterocycles. The fourth-order valence-corrected chi connectivity index (χ4v) is 2.15. The van der Waals surface area contributed by atoms with Crippen molar-refractivity contribution in [2.75, 3.05) is 11.4 Å². The van der Waals surface area contributed by atoms with E-state index >= 15 is 0 Å². The number of anilines is 1. The Bertz CT molecular complexity index is 409. The van der Waals surface area contributed by atoms with Crippen LogP contribution in [0.2, 0.25) is 0 Å². The number of rotatable bonds is 1. The third-order valence-electron chi connectivity index (χ3n) is 2.97. The summed E-state index contributed by atoms with van der Waals surface area (Å²) in [6, 6.07) is 7.17. The summed E-state index contributed by atoms with van der Waals surface area (Å²) in [4.78, 5) is 2.11. The first-order chi connectivity index (χ1) is 7.24. The van der Waals surface area contributed by atoms with E-state index in [1.807, 2.05) is 12.1 Å². The van der Waals surface area contributed by atoms with E-state index in [1.54, 1.807) is 6.07 Å². The predicted molar refractivity (Wildman–Crippen MR) is 57.2 cm³/mol. The fourth-order valence-electron chi connectivity index (χ4n) is 2.15. The van der Waals surface area contributed by atoms with Gasteiger partial charge in [0.05, 0.1) is 5.69 Å². The Kier molecular flexibility index (Phi) is 2.59. The molecule has 0 radical (unpaired) electrons. The molecule has 1 fully saturated rings. The first kappa shape index (κ1) is 9.97. The summed E-state index contributed by atoms with van der Waals surface area (Å²) >= 11 is 0. The Labute approximate surface area is 88.9 Å². The van der Waals surface area contributed by atoms with E-state index in [9.17, 15) is 4.39 Å². The lowest BCUT2D eigenvalue weighted by Crippen LogP contribution is -2.27. The van der Waals surface area contributed by atoms with Crippen LogP contribution in [0.25, 0.3) is 0 Å². The molecule has 15 heavy (non-hydrogen) atoms. The lowest BCUT2D eigenvalue weighted by atomic mass is 10.1. The van der Waals surface area contributed by atoms with E-state index in [2.05, 4.69) is 11.8 Å². The molecule has 1 saturated heterocycles. The van der Waals surface area contributed by atoms with Gasteiger partial charge >= 0.3 is 0 Å². The van der Waals surface area contributed by atoms with Crippen LogP contribution >= 0.6 is 0 Å². The minimum absolute atomic E-state index is 0.172. The Balaban J connectivity index is 2.44. The first-order valence-electron chi connectivity index (χ1n) is 5.19. The van der Waals surface area contributed by atoms with Gasteiger partial charge in [0.15, 0.2) is 0 Å².